The van der Waals surface area contributed by atoms with E-state index in [1.54, 1.807) is 17.3 Å². The highest BCUT2D eigenvalue weighted by Gasteiger charge is 2.48. The zero-order valence-electron chi connectivity index (χ0n) is 23.5. The second kappa shape index (κ2) is 12.9. The molecule has 0 radical (unpaired) electrons. The summed E-state index contributed by atoms with van der Waals surface area (Å²) >= 11 is 7.47. The summed E-state index contributed by atoms with van der Waals surface area (Å²) in [6, 6.07) is 21.7. The van der Waals surface area contributed by atoms with Crippen molar-refractivity contribution in [3.05, 3.63) is 90.3 Å². The lowest BCUT2D eigenvalue weighted by Crippen LogP contribution is -2.61. The van der Waals surface area contributed by atoms with Gasteiger partial charge in [0.2, 0.25) is 11.8 Å². The minimum atomic E-state index is -0.994. The first kappa shape index (κ1) is 28.9. The van der Waals surface area contributed by atoms with Crippen LogP contribution in [0.4, 0.5) is 11.4 Å². The summed E-state index contributed by atoms with van der Waals surface area (Å²) < 4.78 is 0. The molecule has 0 bridgehead atoms. The number of nitrogens with one attached hydrogen (secondary N) is 2. The van der Waals surface area contributed by atoms with Crippen LogP contribution in [0.5, 0.6) is 0 Å². The van der Waals surface area contributed by atoms with Crippen LogP contribution < -0.4 is 15.5 Å². The summed E-state index contributed by atoms with van der Waals surface area (Å²) in [6.45, 7) is 0.970. The predicted molar refractivity (Wildman–Crippen MR) is 170 cm³/mol. The van der Waals surface area contributed by atoms with E-state index in [4.69, 9.17) is 12.2 Å². The van der Waals surface area contributed by atoms with Crippen molar-refractivity contribution in [1.29, 1.82) is 0 Å². The predicted octanol–water partition coefficient (Wildman–Crippen LogP) is 4.31. The summed E-state index contributed by atoms with van der Waals surface area (Å²) in [5.74, 6) is 1.31. The highest BCUT2D eigenvalue weighted by molar-refractivity contribution is 7.99. The first-order valence-corrected chi connectivity index (χ1v) is 15.4. The molecule has 3 heterocycles. The van der Waals surface area contributed by atoms with Gasteiger partial charge in [0.15, 0.2) is 5.11 Å². The van der Waals surface area contributed by atoms with Crippen LogP contribution in [0.2, 0.25) is 0 Å². The number of amides is 2. The van der Waals surface area contributed by atoms with Gasteiger partial charge in [0.05, 0.1) is 12.6 Å². The van der Waals surface area contributed by atoms with E-state index < -0.39 is 5.54 Å². The lowest BCUT2D eigenvalue weighted by Gasteiger charge is -2.45. The molecule has 2 saturated heterocycles. The number of hydrogen-bond donors (Lipinski definition) is 2. The van der Waals surface area contributed by atoms with Gasteiger partial charge in [0, 0.05) is 51.0 Å². The number of benzene rings is 2. The molecule has 2 aliphatic rings. The molecule has 8 nitrogen and oxygen atoms in total. The number of nitrogens with zero attached hydrogens (tertiary/aromatic N) is 4. The molecule has 2 amide bonds. The third-order valence-corrected chi connectivity index (χ3v) is 9.14. The second-order valence-electron chi connectivity index (χ2n) is 10.7. The number of hydrogen-bond acceptors (Lipinski definition) is 6. The molecule has 0 spiro atoms. The van der Waals surface area contributed by atoms with E-state index in [0.29, 0.717) is 36.7 Å². The molecule has 2 N–H and O–H groups in total. The third kappa shape index (κ3) is 6.65. The van der Waals surface area contributed by atoms with Crippen molar-refractivity contribution < 1.29 is 9.59 Å². The quantitative estimate of drug-likeness (QED) is 0.358. The Labute approximate surface area is 251 Å². The minimum Gasteiger partial charge on any atom is -0.378 e. The first-order chi connectivity index (χ1) is 19.9. The second-order valence-corrected chi connectivity index (χ2v) is 12.3. The Morgan fingerprint density at radius 2 is 1.80 bits per heavy atom. The molecule has 2 aromatic carbocycles. The Kier molecular flexibility index (Phi) is 9.09. The normalized spacial score (nSPS) is 18.0. The largest absolute Gasteiger partial charge is 0.378 e. The van der Waals surface area contributed by atoms with Crippen molar-refractivity contribution in [2.75, 3.05) is 48.9 Å². The molecule has 1 aromatic heterocycles. The first-order valence-electron chi connectivity index (χ1n) is 13.8. The van der Waals surface area contributed by atoms with Crippen molar-refractivity contribution in [2.24, 2.45) is 0 Å². The van der Waals surface area contributed by atoms with Gasteiger partial charge in [0.25, 0.3) is 0 Å². The minimum absolute atomic E-state index is 0.0109. The van der Waals surface area contributed by atoms with Gasteiger partial charge in [-0.1, -0.05) is 36.4 Å². The summed E-state index contributed by atoms with van der Waals surface area (Å²) in [4.78, 5) is 38.4. The summed E-state index contributed by atoms with van der Waals surface area (Å²) in [7, 11) is 3.96. The van der Waals surface area contributed by atoms with Crippen LogP contribution in [0.3, 0.4) is 0 Å². The monoisotopic (exact) mass is 588 g/mol. The van der Waals surface area contributed by atoms with Crippen molar-refractivity contribution >= 4 is 52.3 Å². The van der Waals surface area contributed by atoms with E-state index in [9.17, 15) is 9.59 Å². The molecular formula is C31H36N6O2S2. The van der Waals surface area contributed by atoms with E-state index in [1.165, 1.54) is 0 Å². The van der Waals surface area contributed by atoms with Gasteiger partial charge < -0.3 is 25.3 Å². The number of carbonyl (C=O) groups is 2. The number of pyridine rings is 1. The fourth-order valence-corrected chi connectivity index (χ4v) is 6.87. The van der Waals surface area contributed by atoms with Crippen molar-refractivity contribution in [1.82, 2.24) is 20.1 Å². The maximum absolute atomic E-state index is 14.3. The molecule has 0 saturated carbocycles. The molecular weight excluding hydrogens is 553 g/mol. The number of anilines is 2. The summed E-state index contributed by atoms with van der Waals surface area (Å²) in [6.07, 6.45) is 4.61. The highest BCUT2D eigenvalue weighted by atomic mass is 32.2. The van der Waals surface area contributed by atoms with Crippen LogP contribution in [-0.4, -0.2) is 75.9 Å². The lowest BCUT2D eigenvalue weighted by molar-refractivity contribution is -0.147. The summed E-state index contributed by atoms with van der Waals surface area (Å²) in [5, 5.41) is 7.05. The van der Waals surface area contributed by atoms with Crippen LogP contribution in [0, 0.1) is 0 Å². The van der Waals surface area contributed by atoms with Crippen molar-refractivity contribution in [2.45, 2.75) is 31.0 Å². The van der Waals surface area contributed by atoms with Gasteiger partial charge in [-0.15, -0.1) is 0 Å². The zero-order valence-corrected chi connectivity index (χ0v) is 25.1. The number of thioether (sulfide) groups is 1. The fourth-order valence-electron chi connectivity index (χ4n) is 5.42. The molecule has 3 aromatic rings. The van der Waals surface area contributed by atoms with E-state index in [2.05, 4.69) is 27.8 Å². The van der Waals surface area contributed by atoms with E-state index in [1.807, 2.05) is 90.3 Å². The van der Waals surface area contributed by atoms with Gasteiger partial charge in [-0.05, 0) is 78.0 Å². The highest BCUT2D eigenvalue weighted by Crippen LogP contribution is 2.36. The smallest absolute Gasteiger partial charge is 0.250 e. The zero-order chi connectivity index (χ0) is 28.8. The molecule has 214 valence electrons. The number of aromatic nitrogens is 1. The molecule has 2 aliphatic heterocycles. The molecule has 1 unspecified atom stereocenters. The van der Waals surface area contributed by atoms with Gasteiger partial charge in [-0.3, -0.25) is 14.6 Å². The lowest BCUT2D eigenvalue weighted by atomic mass is 9.87. The Morgan fingerprint density at radius 3 is 2.46 bits per heavy atom. The number of carbonyl (C=O) groups excluding carboxylic acids is 2. The molecule has 1 atom stereocenters. The van der Waals surface area contributed by atoms with Gasteiger partial charge in [-0.25, -0.2) is 0 Å². The Morgan fingerprint density at radius 1 is 1.07 bits per heavy atom. The van der Waals surface area contributed by atoms with Gasteiger partial charge >= 0.3 is 0 Å². The fraction of sp³-hybridized carbons (Fsp3) is 0.355. The maximum atomic E-state index is 14.3. The average Bonchev–Trinajstić information content (AvgIpc) is 3.37. The Hall–Kier alpha value is -3.63. The molecule has 41 heavy (non-hydrogen) atoms. The Bertz CT molecular complexity index is 1350. The van der Waals surface area contributed by atoms with Crippen molar-refractivity contribution in [3.8, 4) is 0 Å². The molecule has 2 fully saturated rings. The average molecular weight is 589 g/mol. The molecule has 0 aliphatic carbocycles. The van der Waals surface area contributed by atoms with Gasteiger partial charge in [0.1, 0.15) is 5.54 Å². The van der Waals surface area contributed by atoms with Crippen LogP contribution in [-0.2, 0) is 16.1 Å². The molecule has 5 rings (SSSR count). The van der Waals surface area contributed by atoms with Crippen LogP contribution >= 0.6 is 24.0 Å². The van der Waals surface area contributed by atoms with Crippen molar-refractivity contribution in [3.63, 3.8) is 0 Å². The van der Waals surface area contributed by atoms with Gasteiger partial charge in [-0.2, -0.15) is 11.8 Å². The van der Waals surface area contributed by atoms with Crippen LogP contribution in [0.25, 0.3) is 0 Å². The molecule has 10 heteroatoms. The number of thiocarbonyl (C=S) groups is 1. The summed E-state index contributed by atoms with van der Waals surface area (Å²) in [5.41, 5.74) is 2.77. The van der Waals surface area contributed by atoms with E-state index >= 15 is 0 Å². The van der Waals surface area contributed by atoms with E-state index in [-0.39, 0.29) is 24.4 Å². The SMILES string of the molecule is CN(C)c1ccc(NC(=O)C2(N(Cc3cccnc3)C(=O)CN3CC(c4ccccc4)NC3=S)CCSCC2)cc1. The third-order valence-electron chi connectivity index (χ3n) is 7.78. The standard InChI is InChI=1S/C31H36N6O2S2/c1-35(2)26-12-10-25(11-13-26)33-29(39)31(14-17-41-18-15-31)37(20-23-7-6-16-32-19-23)28(38)22-36-21-27(34-30(36)40)24-8-4-3-5-9-24/h3-13,16,19,27H,14-15,17-18,20-22H2,1-2H3,(H,33,39)(H,34,40). The topological polar surface area (TPSA) is 80.8 Å². The number of rotatable bonds is 9. The Balaban J connectivity index is 1.41. The maximum Gasteiger partial charge on any atom is 0.250 e. The van der Waals surface area contributed by atoms with Crippen LogP contribution in [0.15, 0.2) is 79.1 Å². The van der Waals surface area contributed by atoms with E-state index in [0.717, 1.165) is 28.3 Å². The van der Waals surface area contributed by atoms with Crippen LogP contribution in [0.1, 0.15) is 30.0 Å².